The van der Waals surface area contributed by atoms with E-state index < -0.39 is 0 Å². The zero-order valence-electron chi connectivity index (χ0n) is 11.7. The number of ether oxygens (including phenoxy) is 1. The maximum Gasteiger partial charge on any atom is 0.240 e. The van der Waals surface area contributed by atoms with Crippen LogP contribution < -0.4 is 10.2 Å². The van der Waals surface area contributed by atoms with E-state index in [4.69, 9.17) is 4.74 Å². The summed E-state index contributed by atoms with van der Waals surface area (Å²) in [6, 6.07) is 7.53. The Labute approximate surface area is 114 Å². The number of amides is 1. The molecule has 19 heavy (non-hydrogen) atoms. The fourth-order valence-corrected chi connectivity index (χ4v) is 1.72. The summed E-state index contributed by atoms with van der Waals surface area (Å²) in [5.41, 5.74) is 3.38. The summed E-state index contributed by atoms with van der Waals surface area (Å²) in [6.45, 7) is 2.15. The molecule has 1 aromatic carbocycles. The van der Waals surface area contributed by atoms with Crippen molar-refractivity contribution in [3.63, 3.8) is 0 Å². The van der Waals surface area contributed by atoms with Crippen LogP contribution in [0.1, 0.15) is 44.6 Å². The summed E-state index contributed by atoms with van der Waals surface area (Å²) in [5, 5.41) is 3.94. The average Bonchev–Trinajstić information content (AvgIpc) is 2.44. The highest BCUT2D eigenvalue weighted by molar-refractivity contribution is 5.85. The summed E-state index contributed by atoms with van der Waals surface area (Å²) in [6.07, 6.45) is 6.50. The van der Waals surface area contributed by atoms with Crippen LogP contribution in [0.3, 0.4) is 0 Å². The number of hydrogen-bond donors (Lipinski definition) is 1. The number of nitrogens with one attached hydrogen (secondary N) is 1. The minimum atomic E-state index is -0.0396. The number of rotatable bonds is 8. The van der Waals surface area contributed by atoms with Crippen molar-refractivity contribution in [3.05, 3.63) is 29.8 Å². The molecule has 1 rings (SSSR count). The van der Waals surface area contributed by atoms with E-state index >= 15 is 0 Å². The first-order chi connectivity index (χ1) is 9.27. The molecule has 4 heteroatoms. The summed E-state index contributed by atoms with van der Waals surface area (Å²) >= 11 is 0. The van der Waals surface area contributed by atoms with Gasteiger partial charge < -0.3 is 4.74 Å². The van der Waals surface area contributed by atoms with Crippen LogP contribution in [0.25, 0.3) is 0 Å². The van der Waals surface area contributed by atoms with E-state index in [1.54, 1.807) is 13.3 Å². The molecule has 0 heterocycles. The summed E-state index contributed by atoms with van der Waals surface area (Å²) in [7, 11) is 1.61. The molecule has 0 aliphatic heterocycles. The monoisotopic (exact) mass is 262 g/mol. The molecule has 1 aromatic rings. The average molecular weight is 262 g/mol. The van der Waals surface area contributed by atoms with Crippen molar-refractivity contribution in [3.8, 4) is 5.75 Å². The zero-order valence-corrected chi connectivity index (χ0v) is 11.7. The molecule has 0 saturated heterocycles. The van der Waals surface area contributed by atoms with Crippen LogP contribution >= 0.6 is 0 Å². The highest BCUT2D eigenvalue weighted by Gasteiger charge is 2.00. The molecule has 0 aliphatic carbocycles. The lowest BCUT2D eigenvalue weighted by Gasteiger charge is -2.03. The second kappa shape index (κ2) is 9.14. The van der Waals surface area contributed by atoms with Crippen LogP contribution in [0.5, 0.6) is 5.75 Å². The van der Waals surface area contributed by atoms with Crippen molar-refractivity contribution < 1.29 is 9.53 Å². The normalized spacial score (nSPS) is 10.6. The predicted molar refractivity (Wildman–Crippen MR) is 77.5 cm³/mol. The second-order valence-electron chi connectivity index (χ2n) is 4.35. The van der Waals surface area contributed by atoms with Crippen LogP contribution in [-0.4, -0.2) is 19.2 Å². The van der Waals surface area contributed by atoms with Gasteiger partial charge >= 0.3 is 0 Å². The van der Waals surface area contributed by atoms with Gasteiger partial charge in [0.25, 0.3) is 0 Å². The van der Waals surface area contributed by atoms with E-state index in [1.165, 1.54) is 12.8 Å². The van der Waals surface area contributed by atoms with E-state index in [0.717, 1.165) is 24.2 Å². The maximum atomic E-state index is 11.5. The number of carbonyl (C=O) groups is 1. The number of hydrazone groups is 1. The summed E-state index contributed by atoms with van der Waals surface area (Å²) in [5.74, 6) is 0.700. The lowest BCUT2D eigenvalue weighted by molar-refractivity contribution is -0.121. The van der Waals surface area contributed by atoms with Gasteiger partial charge in [-0.2, -0.15) is 5.10 Å². The fourth-order valence-electron chi connectivity index (χ4n) is 1.72. The van der Waals surface area contributed by atoms with E-state index in [2.05, 4.69) is 17.5 Å². The Kier molecular flexibility index (Phi) is 7.32. The third-order valence-corrected chi connectivity index (χ3v) is 2.79. The molecule has 1 N–H and O–H groups in total. The van der Waals surface area contributed by atoms with Gasteiger partial charge in [0.2, 0.25) is 5.91 Å². The van der Waals surface area contributed by atoms with Crippen molar-refractivity contribution >= 4 is 12.1 Å². The Morgan fingerprint density at radius 3 is 2.84 bits per heavy atom. The molecule has 0 saturated carbocycles. The largest absolute Gasteiger partial charge is 0.496 e. The van der Waals surface area contributed by atoms with Gasteiger partial charge in [-0.25, -0.2) is 5.43 Å². The molecule has 0 atom stereocenters. The lowest BCUT2D eigenvalue weighted by Crippen LogP contribution is -2.16. The van der Waals surface area contributed by atoms with Gasteiger partial charge in [0.15, 0.2) is 0 Å². The molecule has 1 amide bonds. The van der Waals surface area contributed by atoms with Gasteiger partial charge in [-0.3, -0.25) is 4.79 Å². The molecule has 0 spiro atoms. The van der Waals surface area contributed by atoms with Crippen LogP contribution in [0.15, 0.2) is 29.4 Å². The van der Waals surface area contributed by atoms with Gasteiger partial charge in [-0.15, -0.1) is 0 Å². The first-order valence-corrected chi connectivity index (χ1v) is 6.72. The Hall–Kier alpha value is -1.84. The van der Waals surface area contributed by atoms with Crippen LogP contribution in [0.2, 0.25) is 0 Å². The smallest absolute Gasteiger partial charge is 0.240 e. The predicted octanol–water partition coefficient (Wildman–Crippen LogP) is 3.12. The maximum absolute atomic E-state index is 11.5. The molecule has 4 nitrogen and oxygen atoms in total. The minimum absolute atomic E-state index is 0.0396. The highest BCUT2D eigenvalue weighted by Crippen LogP contribution is 2.14. The molecular formula is C15H22N2O2. The van der Waals surface area contributed by atoms with Gasteiger partial charge in [-0.1, -0.05) is 38.3 Å². The first-order valence-electron chi connectivity index (χ1n) is 6.72. The van der Waals surface area contributed by atoms with Crippen molar-refractivity contribution in [1.29, 1.82) is 0 Å². The third-order valence-electron chi connectivity index (χ3n) is 2.79. The van der Waals surface area contributed by atoms with Crippen LogP contribution in [0.4, 0.5) is 0 Å². The van der Waals surface area contributed by atoms with Crippen molar-refractivity contribution in [2.24, 2.45) is 5.10 Å². The number of carbonyl (C=O) groups excluding carboxylic acids is 1. The number of benzene rings is 1. The lowest BCUT2D eigenvalue weighted by atomic mass is 10.1. The number of methoxy groups -OCH3 is 1. The Balaban J connectivity index is 2.34. The van der Waals surface area contributed by atoms with E-state index in [1.807, 2.05) is 24.3 Å². The van der Waals surface area contributed by atoms with Gasteiger partial charge in [0.1, 0.15) is 5.75 Å². The number of unbranched alkanes of at least 4 members (excludes halogenated alkanes) is 3. The Bertz CT molecular complexity index is 416. The van der Waals surface area contributed by atoms with E-state index in [0.29, 0.717) is 6.42 Å². The fraction of sp³-hybridized carbons (Fsp3) is 0.467. The Morgan fingerprint density at radius 1 is 1.32 bits per heavy atom. The quantitative estimate of drug-likeness (QED) is 0.444. The van der Waals surface area contributed by atoms with Crippen molar-refractivity contribution in [2.75, 3.05) is 7.11 Å². The van der Waals surface area contributed by atoms with E-state index in [-0.39, 0.29) is 5.91 Å². The summed E-state index contributed by atoms with van der Waals surface area (Å²) < 4.78 is 5.19. The summed E-state index contributed by atoms with van der Waals surface area (Å²) in [4.78, 5) is 11.5. The molecule has 104 valence electrons. The molecular weight excluding hydrogens is 240 g/mol. The van der Waals surface area contributed by atoms with Crippen molar-refractivity contribution in [2.45, 2.75) is 39.0 Å². The number of nitrogens with zero attached hydrogens (tertiary/aromatic N) is 1. The SMILES string of the molecule is CCCCCCC(=O)NN=Cc1ccccc1OC. The third kappa shape index (κ3) is 6.04. The second-order valence-corrected chi connectivity index (χ2v) is 4.35. The van der Waals surface area contributed by atoms with Crippen LogP contribution in [0, 0.1) is 0 Å². The molecule has 0 fully saturated rings. The molecule has 0 aromatic heterocycles. The molecule has 0 radical (unpaired) electrons. The van der Waals surface area contributed by atoms with Gasteiger partial charge in [0.05, 0.1) is 13.3 Å². The van der Waals surface area contributed by atoms with Crippen molar-refractivity contribution in [1.82, 2.24) is 5.43 Å². The molecule has 0 unspecified atom stereocenters. The van der Waals surface area contributed by atoms with Gasteiger partial charge in [0, 0.05) is 12.0 Å². The number of para-hydroxylation sites is 1. The first kappa shape index (κ1) is 15.2. The zero-order chi connectivity index (χ0) is 13.9. The topological polar surface area (TPSA) is 50.7 Å². The minimum Gasteiger partial charge on any atom is -0.496 e. The van der Waals surface area contributed by atoms with E-state index in [9.17, 15) is 4.79 Å². The number of hydrogen-bond acceptors (Lipinski definition) is 3. The Morgan fingerprint density at radius 2 is 2.11 bits per heavy atom. The van der Waals surface area contributed by atoms with Crippen LogP contribution in [-0.2, 0) is 4.79 Å². The molecule has 0 aliphatic rings. The standard InChI is InChI=1S/C15H22N2O2/c1-3-4-5-6-11-15(18)17-16-12-13-9-7-8-10-14(13)19-2/h7-10,12H,3-6,11H2,1-2H3,(H,17,18). The highest BCUT2D eigenvalue weighted by atomic mass is 16.5. The van der Waals surface area contributed by atoms with Gasteiger partial charge in [-0.05, 0) is 18.6 Å². The molecule has 0 bridgehead atoms.